The fourth-order valence-corrected chi connectivity index (χ4v) is 2.94. The second-order valence-corrected chi connectivity index (χ2v) is 5.49. The molecule has 0 unspecified atom stereocenters. The fourth-order valence-electron chi connectivity index (χ4n) is 2.94. The Morgan fingerprint density at radius 1 is 1.25 bits per heavy atom. The van der Waals surface area contributed by atoms with Crippen molar-refractivity contribution in [2.45, 2.75) is 19.4 Å². The second-order valence-electron chi connectivity index (χ2n) is 5.49. The van der Waals surface area contributed by atoms with Gasteiger partial charge in [-0.25, -0.2) is 0 Å². The molecule has 2 aromatic rings. The van der Waals surface area contributed by atoms with Crippen molar-refractivity contribution in [1.29, 1.82) is 5.41 Å². The van der Waals surface area contributed by atoms with Crippen LogP contribution in [0.1, 0.15) is 18.4 Å². The number of aromatic nitrogens is 1. The Bertz CT molecular complexity index is 609. The van der Waals surface area contributed by atoms with E-state index in [-0.39, 0.29) is 5.92 Å². The van der Waals surface area contributed by atoms with Gasteiger partial charge in [-0.15, -0.1) is 0 Å². The number of para-hydroxylation sites is 1. The molecule has 4 nitrogen and oxygen atoms in total. The molecule has 3 N–H and O–H groups in total. The van der Waals surface area contributed by atoms with Crippen molar-refractivity contribution >= 4 is 16.7 Å². The van der Waals surface area contributed by atoms with Crippen molar-refractivity contribution < 1.29 is 0 Å². The summed E-state index contributed by atoms with van der Waals surface area (Å²) < 4.78 is 0. The summed E-state index contributed by atoms with van der Waals surface area (Å²) in [7, 11) is 0. The maximum absolute atomic E-state index is 7.53. The van der Waals surface area contributed by atoms with E-state index in [4.69, 9.17) is 11.1 Å². The average molecular weight is 268 g/mol. The number of piperidine rings is 1. The van der Waals surface area contributed by atoms with Crippen molar-refractivity contribution in [2.24, 2.45) is 11.7 Å². The van der Waals surface area contributed by atoms with E-state index in [0.29, 0.717) is 5.84 Å². The minimum atomic E-state index is 0.278. The first-order valence-electron chi connectivity index (χ1n) is 7.13. The lowest BCUT2D eigenvalue weighted by Crippen LogP contribution is -2.37. The Hall–Kier alpha value is -1.94. The van der Waals surface area contributed by atoms with Crippen molar-refractivity contribution in [3.05, 3.63) is 42.1 Å². The minimum Gasteiger partial charge on any atom is -0.387 e. The van der Waals surface area contributed by atoms with E-state index in [9.17, 15) is 0 Å². The number of hydrogen-bond donors (Lipinski definition) is 2. The SMILES string of the molecule is N=C(N)C1CCN(Cc2ccnc3ccccc23)CC1. The number of likely N-dealkylation sites (tertiary alicyclic amines) is 1. The van der Waals surface area contributed by atoms with Crippen LogP contribution in [0.5, 0.6) is 0 Å². The zero-order valence-electron chi connectivity index (χ0n) is 11.5. The molecule has 20 heavy (non-hydrogen) atoms. The Morgan fingerprint density at radius 2 is 2.00 bits per heavy atom. The molecule has 1 saturated heterocycles. The first kappa shape index (κ1) is 13.1. The zero-order valence-corrected chi connectivity index (χ0v) is 11.5. The monoisotopic (exact) mass is 268 g/mol. The number of pyridine rings is 1. The molecule has 1 aromatic heterocycles. The van der Waals surface area contributed by atoms with Crippen molar-refractivity contribution in [2.75, 3.05) is 13.1 Å². The lowest BCUT2D eigenvalue weighted by Gasteiger charge is -2.31. The van der Waals surface area contributed by atoms with Crippen LogP contribution in [0, 0.1) is 11.3 Å². The molecular weight excluding hydrogens is 248 g/mol. The Kier molecular flexibility index (Phi) is 3.65. The molecule has 104 valence electrons. The van der Waals surface area contributed by atoms with Crippen molar-refractivity contribution in [3.8, 4) is 0 Å². The number of rotatable bonds is 3. The molecule has 1 aliphatic heterocycles. The van der Waals surface area contributed by atoms with Gasteiger partial charge in [0, 0.05) is 24.0 Å². The van der Waals surface area contributed by atoms with Crippen LogP contribution < -0.4 is 5.73 Å². The van der Waals surface area contributed by atoms with Crippen LogP contribution in [-0.2, 0) is 6.54 Å². The summed E-state index contributed by atoms with van der Waals surface area (Å²) >= 11 is 0. The van der Waals surface area contributed by atoms with Gasteiger partial charge in [0.15, 0.2) is 0 Å². The summed E-state index contributed by atoms with van der Waals surface area (Å²) in [6, 6.07) is 10.4. The number of nitrogens with zero attached hydrogens (tertiary/aromatic N) is 2. The van der Waals surface area contributed by atoms with Crippen LogP contribution in [0.25, 0.3) is 10.9 Å². The third kappa shape index (κ3) is 2.65. The summed E-state index contributed by atoms with van der Waals surface area (Å²) in [5.74, 6) is 0.624. The van der Waals surface area contributed by atoms with Crippen LogP contribution in [0.4, 0.5) is 0 Å². The highest BCUT2D eigenvalue weighted by Gasteiger charge is 2.21. The van der Waals surface area contributed by atoms with Crippen LogP contribution in [0.3, 0.4) is 0 Å². The van der Waals surface area contributed by atoms with Gasteiger partial charge in [0.25, 0.3) is 0 Å². The highest BCUT2D eigenvalue weighted by molar-refractivity contribution is 5.81. The summed E-state index contributed by atoms with van der Waals surface area (Å²) in [5.41, 5.74) is 7.99. The third-order valence-electron chi connectivity index (χ3n) is 4.16. The highest BCUT2D eigenvalue weighted by Crippen LogP contribution is 2.22. The van der Waals surface area contributed by atoms with Gasteiger partial charge in [0.05, 0.1) is 11.4 Å². The molecule has 4 heteroatoms. The summed E-state index contributed by atoms with van der Waals surface area (Å²) in [6.45, 7) is 2.98. The Labute approximate surface area is 119 Å². The number of fused-ring (bicyclic) bond motifs is 1. The van der Waals surface area contributed by atoms with Crippen LogP contribution >= 0.6 is 0 Å². The second kappa shape index (κ2) is 5.59. The van der Waals surface area contributed by atoms with Gasteiger partial charge in [-0.2, -0.15) is 0 Å². The average Bonchev–Trinajstić information content (AvgIpc) is 2.48. The van der Waals surface area contributed by atoms with Crippen LogP contribution in [0.15, 0.2) is 36.5 Å². The summed E-state index contributed by atoms with van der Waals surface area (Å²) in [6.07, 6.45) is 3.89. The third-order valence-corrected chi connectivity index (χ3v) is 4.16. The number of hydrogen-bond acceptors (Lipinski definition) is 3. The topological polar surface area (TPSA) is 66.0 Å². The van der Waals surface area contributed by atoms with Gasteiger partial charge in [0.1, 0.15) is 0 Å². The number of amidine groups is 1. The van der Waals surface area contributed by atoms with Gasteiger partial charge in [-0.05, 0) is 43.6 Å². The first-order valence-corrected chi connectivity index (χ1v) is 7.13. The molecule has 0 radical (unpaired) electrons. The molecule has 0 aliphatic carbocycles. The predicted octanol–water partition coefficient (Wildman–Crippen LogP) is 2.38. The van der Waals surface area contributed by atoms with E-state index in [0.717, 1.165) is 38.0 Å². The molecule has 3 rings (SSSR count). The lowest BCUT2D eigenvalue weighted by molar-refractivity contribution is 0.202. The van der Waals surface area contributed by atoms with Gasteiger partial charge in [0.2, 0.25) is 0 Å². The van der Waals surface area contributed by atoms with E-state index in [1.165, 1.54) is 10.9 Å². The normalized spacial score (nSPS) is 17.4. The fraction of sp³-hybridized carbons (Fsp3) is 0.375. The zero-order chi connectivity index (χ0) is 13.9. The van der Waals surface area contributed by atoms with Crippen molar-refractivity contribution in [1.82, 2.24) is 9.88 Å². The van der Waals surface area contributed by atoms with E-state index in [1.54, 1.807) is 0 Å². The Balaban J connectivity index is 1.73. The van der Waals surface area contributed by atoms with E-state index >= 15 is 0 Å². The maximum atomic E-state index is 7.53. The van der Waals surface area contributed by atoms with Gasteiger partial charge < -0.3 is 5.73 Å². The smallest absolute Gasteiger partial charge is 0.0937 e. The molecule has 0 spiro atoms. The summed E-state index contributed by atoms with van der Waals surface area (Å²) in [4.78, 5) is 6.85. The van der Waals surface area contributed by atoms with E-state index in [2.05, 4.69) is 34.1 Å². The van der Waals surface area contributed by atoms with Gasteiger partial charge in [-0.3, -0.25) is 15.3 Å². The van der Waals surface area contributed by atoms with E-state index in [1.807, 2.05) is 12.3 Å². The standard InChI is InChI=1S/C16H20N4/c17-16(18)12-6-9-20(10-7-12)11-13-5-8-19-15-4-2-1-3-14(13)15/h1-5,8,12H,6-7,9-11H2,(H3,17,18). The van der Waals surface area contributed by atoms with E-state index < -0.39 is 0 Å². The molecule has 1 fully saturated rings. The molecule has 1 aromatic carbocycles. The first-order chi connectivity index (χ1) is 9.74. The molecule has 0 bridgehead atoms. The Morgan fingerprint density at radius 3 is 2.75 bits per heavy atom. The number of nitrogens with two attached hydrogens (primary N) is 1. The molecule has 0 amide bonds. The molecule has 2 heterocycles. The number of nitrogens with one attached hydrogen (secondary N) is 1. The van der Waals surface area contributed by atoms with Gasteiger partial charge >= 0.3 is 0 Å². The maximum Gasteiger partial charge on any atom is 0.0937 e. The molecule has 0 saturated carbocycles. The lowest BCUT2D eigenvalue weighted by atomic mass is 9.95. The molecular formula is C16H20N4. The predicted molar refractivity (Wildman–Crippen MR) is 81.7 cm³/mol. The largest absolute Gasteiger partial charge is 0.387 e. The quantitative estimate of drug-likeness (QED) is 0.663. The summed E-state index contributed by atoms with van der Waals surface area (Å²) in [5, 5.41) is 8.77. The minimum absolute atomic E-state index is 0.278. The van der Waals surface area contributed by atoms with Gasteiger partial charge in [-0.1, -0.05) is 18.2 Å². The van der Waals surface area contributed by atoms with Crippen molar-refractivity contribution in [3.63, 3.8) is 0 Å². The highest BCUT2D eigenvalue weighted by atomic mass is 15.1. The van der Waals surface area contributed by atoms with Crippen LogP contribution in [-0.4, -0.2) is 28.8 Å². The molecule has 0 atom stereocenters. The van der Waals surface area contributed by atoms with Crippen LogP contribution in [0.2, 0.25) is 0 Å². The number of benzene rings is 1. The molecule has 1 aliphatic rings.